The quantitative estimate of drug-likeness (QED) is 0.814. The van der Waals surface area contributed by atoms with Crippen molar-refractivity contribution in [2.45, 2.75) is 45.6 Å². The van der Waals surface area contributed by atoms with Gasteiger partial charge in [-0.3, -0.25) is 4.79 Å². The summed E-state index contributed by atoms with van der Waals surface area (Å²) >= 11 is 0. The lowest BCUT2D eigenvalue weighted by Gasteiger charge is -2.35. The molecule has 0 saturated heterocycles. The van der Waals surface area contributed by atoms with Gasteiger partial charge in [-0.25, -0.2) is 0 Å². The zero-order chi connectivity index (χ0) is 13.8. The van der Waals surface area contributed by atoms with E-state index in [1.165, 1.54) is 0 Å². The molecule has 0 fully saturated rings. The van der Waals surface area contributed by atoms with Gasteiger partial charge >= 0.3 is 0 Å². The van der Waals surface area contributed by atoms with Gasteiger partial charge in [0.25, 0.3) is 0 Å². The predicted octanol–water partition coefficient (Wildman–Crippen LogP) is 2.85. The first-order valence-electron chi connectivity index (χ1n) is 6.48. The molecule has 0 aliphatic rings. The van der Waals surface area contributed by atoms with Gasteiger partial charge < -0.3 is 10.6 Å². The smallest absolute Gasteiger partial charge is 0.223 e. The Labute approximate surface area is 110 Å². The second-order valence-electron chi connectivity index (χ2n) is 5.32. The molecular formula is C15H24N2O. The Morgan fingerprint density at radius 3 is 2.50 bits per heavy atom. The van der Waals surface area contributed by atoms with Gasteiger partial charge in [0.05, 0.1) is 0 Å². The largest absolute Gasteiger partial charge is 0.399 e. The molecule has 0 saturated carbocycles. The van der Waals surface area contributed by atoms with Gasteiger partial charge in [-0.2, -0.15) is 0 Å². The van der Waals surface area contributed by atoms with Crippen LogP contribution < -0.4 is 5.73 Å². The highest BCUT2D eigenvalue weighted by molar-refractivity contribution is 5.77. The number of anilines is 1. The van der Waals surface area contributed by atoms with E-state index in [0.29, 0.717) is 12.8 Å². The molecule has 100 valence electrons. The highest BCUT2D eigenvalue weighted by Crippen LogP contribution is 2.19. The maximum absolute atomic E-state index is 12.1. The van der Waals surface area contributed by atoms with Gasteiger partial charge in [-0.15, -0.1) is 0 Å². The van der Waals surface area contributed by atoms with Crippen LogP contribution in [0.3, 0.4) is 0 Å². The molecule has 1 amide bonds. The number of nitrogen functional groups attached to an aromatic ring is 1. The van der Waals surface area contributed by atoms with Crippen LogP contribution in [0.25, 0.3) is 0 Å². The molecule has 0 aliphatic heterocycles. The van der Waals surface area contributed by atoms with Crippen LogP contribution in [0, 0.1) is 0 Å². The van der Waals surface area contributed by atoms with E-state index in [1.807, 2.05) is 36.2 Å². The van der Waals surface area contributed by atoms with Crippen molar-refractivity contribution in [2.24, 2.45) is 0 Å². The van der Waals surface area contributed by atoms with E-state index in [0.717, 1.165) is 17.7 Å². The summed E-state index contributed by atoms with van der Waals surface area (Å²) in [5.74, 6) is 0.171. The number of amides is 1. The zero-order valence-corrected chi connectivity index (χ0v) is 11.9. The number of hydrogen-bond donors (Lipinski definition) is 1. The van der Waals surface area contributed by atoms with Gasteiger partial charge in [0.15, 0.2) is 0 Å². The fraction of sp³-hybridized carbons (Fsp3) is 0.533. The van der Waals surface area contributed by atoms with E-state index in [1.54, 1.807) is 0 Å². The minimum atomic E-state index is -0.0840. The molecule has 1 aromatic carbocycles. The molecular weight excluding hydrogens is 224 g/mol. The Balaban J connectivity index is 2.59. The maximum Gasteiger partial charge on any atom is 0.223 e. The Hall–Kier alpha value is -1.51. The molecule has 1 aromatic rings. The van der Waals surface area contributed by atoms with E-state index < -0.39 is 0 Å². The first-order valence-corrected chi connectivity index (χ1v) is 6.48. The summed E-state index contributed by atoms with van der Waals surface area (Å²) in [6.45, 7) is 6.27. The molecule has 0 bridgehead atoms. The van der Waals surface area contributed by atoms with Crippen molar-refractivity contribution >= 4 is 11.6 Å². The van der Waals surface area contributed by atoms with Crippen molar-refractivity contribution in [1.82, 2.24) is 4.90 Å². The molecule has 3 nitrogen and oxygen atoms in total. The second kappa shape index (κ2) is 5.89. The van der Waals surface area contributed by atoms with Gasteiger partial charge in [0, 0.05) is 24.7 Å². The number of benzene rings is 1. The van der Waals surface area contributed by atoms with Crippen LogP contribution in [-0.4, -0.2) is 23.4 Å². The number of hydrogen-bond acceptors (Lipinski definition) is 2. The lowest BCUT2D eigenvalue weighted by molar-refractivity contribution is -0.134. The van der Waals surface area contributed by atoms with Crippen LogP contribution >= 0.6 is 0 Å². The van der Waals surface area contributed by atoms with Crippen molar-refractivity contribution in [2.75, 3.05) is 12.8 Å². The molecule has 3 heteroatoms. The van der Waals surface area contributed by atoms with E-state index in [4.69, 9.17) is 5.73 Å². The SMILES string of the molecule is CCC(C)(C)N(C)C(=O)CCc1ccccc1N. The predicted molar refractivity (Wildman–Crippen MR) is 76.3 cm³/mol. The number of carbonyl (C=O) groups is 1. The molecule has 2 N–H and O–H groups in total. The fourth-order valence-electron chi connectivity index (χ4n) is 1.75. The topological polar surface area (TPSA) is 46.3 Å². The van der Waals surface area contributed by atoms with Crippen molar-refractivity contribution in [3.05, 3.63) is 29.8 Å². The summed E-state index contributed by atoms with van der Waals surface area (Å²) in [6.07, 6.45) is 2.16. The first kappa shape index (κ1) is 14.6. The molecule has 0 unspecified atom stereocenters. The Morgan fingerprint density at radius 2 is 1.94 bits per heavy atom. The standard InChI is InChI=1S/C15H24N2O/c1-5-15(2,3)17(4)14(18)11-10-12-8-6-7-9-13(12)16/h6-9H,5,10-11,16H2,1-4H3. The van der Waals surface area contributed by atoms with Gasteiger partial charge in [-0.05, 0) is 38.3 Å². The van der Waals surface area contributed by atoms with E-state index in [2.05, 4.69) is 20.8 Å². The van der Waals surface area contributed by atoms with Crippen molar-refractivity contribution in [1.29, 1.82) is 0 Å². The Bertz CT molecular complexity index is 413. The molecule has 1 rings (SSSR count). The number of nitrogens with two attached hydrogens (primary N) is 1. The highest BCUT2D eigenvalue weighted by Gasteiger charge is 2.25. The summed E-state index contributed by atoms with van der Waals surface area (Å²) in [4.78, 5) is 14.0. The fourth-order valence-corrected chi connectivity index (χ4v) is 1.75. The molecule has 0 heterocycles. The Morgan fingerprint density at radius 1 is 1.33 bits per heavy atom. The van der Waals surface area contributed by atoms with Crippen LogP contribution in [0.2, 0.25) is 0 Å². The van der Waals surface area contributed by atoms with E-state index in [-0.39, 0.29) is 11.4 Å². The van der Waals surface area contributed by atoms with Crippen LogP contribution in [-0.2, 0) is 11.2 Å². The molecule has 0 spiro atoms. The number of aryl methyl sites for hydroxylation is 1. The zero-order valence-electron chi connectivity index (χ0n) is 11.9. The average molecular weight is 248 g/mol. The van der Waals surface area contributed by atoms with E-state index in [9.17, 15) is 4.79 Å². The average Bonchev–Trinajstić information content (AvgIpc) is 2.36. The third-order valence-corrected chi connectivity index (χ3v) is 3.81. The van der Waals surface area contributed by atoms with Crippen molar-refractivity contribution < 1.29 is 4.79 Å². The number of nitrogens with zero attached hydrogens (tertiary/aromatic N) is 1. The first-order chi connectivity index (χ1) is 8.38. The van der Waals surface area contributed by atoms with Crippen LogP contribution in [0.4, 0.5) is 5.69 Å². The summed E-state index contributed by atoms with van der Waals surface area (Å²) in [5, 5.41) is 0. The van der Waals surface area contributed by atoms with Crippen LogP contribution in [0.1, 0.15) is 39.2 Å². The number of carbonyl (C=O) groups excluding carboxylic acids is 1. The lowest BCUT2D eigenvalue weighted by atomic mass is 9.99. The molecule has 0 aliphatic carbocycles. The van der Waals surface area contributed by atoms with E-state index >= 15 is 0 Å². The summed E-state index contributed by atoms with van der Waals surface area (Å²) in [6, 6.07) is 7.72. The van der Waals surface area contributed by atoms with Gasteiger partial charge in [-0.1, -0.05) is 25.1 Å². The number of para-hydroxylation sites is 1. The molecule has 18 heavy (non-hydrogen) atoms. The van der Waals surface area contributed by atoms with Crippen LogP contribution in [0.5, 0.6) is 0 Å². The Kier molecular flexibility index (Phi) is 4.76. The second-order valence-corrected chi connectivity index (χ2v) is 5.32. The van der Waals surface area contributed by atoms with Crippen LogP contribution in [0.15, 0.2) is 24.3 Å². The summed E-state index contributed by atoms with van der Waals surface area (Å²) in [5.41, 5.74) is 7.60. The third-order valence-electron chi connectivity index (χ3n) is 3.81. The number of rotatable bonds is 5. The summed E-state index contributed by atoms with van der Waals surface area (Å²) < 4.78 is 0. The monoisotopic (exact) mass is 248 g/mol. The van der Waals surface area contributed by atoms with Crippen molar-refractivity contribution in [3.8, 4) is 0 Å². The minimum Gasteiger partial charge on any atom is -0.399 e. The third kappa shape index (κ3) is 3.49. The van der Waals surface area contributed by atoms with Crippen molar-refractivity contribution in [3.63, 3.8) is 0 Å². The highest BCUT2D eigenvalue weighted by atomic mass is 16.2. The summed E-state index contributed by atoms with van der Waals surface area (Å²) in [7, 11) is 1.88. The molecule has 0 radical (unpaired) electrons. The normalized spacial score (nSPS) is 11.3. The maximum atomic E-state index is 12.1. The van der Waals surface area contributed by atoms with Gasteiger partial charge in [0.1, 0.15) is 0 Å². The minimum absolute atomic E-state index is 0.0840. The molecule has 0 aromatic heterocycles. The lowest BCUT2D eigenvalue weighted by Crippen LogP contribution is -2.44. The molecule has 0 atom stereocenters. The van der Waals surface area contributed by atoms with Gasteiger partial charge in [0.2, 0.25) is 5.91 Å².